The van der Waals surface area contributed by atoms with E-state index in [2.05, 4.69) is 4.98 Å². The van der Waals surface area contributed by atoms with Gasteiger partial charge in [-0.1, -0.05) is 0 Å². The molecule has 1 aliphatic rings. The number of ether oxygens (including phenoxy) is 1. The highest BCUT2D eigenvalue weighted by Gasteiger charge is 2.22. The lowest BCUT2D eigenvalue weighted by Crippen LogP contribution is -1.94. The number of methoxy groups -OCH3 is 1. The first-order valence-corrected chi connectivity index (χ1v) is 3.87. The van der Waals surface area contributed by atoms with Gasteiger partial charge in [0.2, 0.25) is 0 Å². The van der Waals surface area contributed by atoms with Gasteiger partial charge >= 0.3 is 0 Å². The molecule has 0 unspecified atom stereocenters. The third-order valence-electron chi connectivity index (χ3n) is 2.14. The molecule has 0 saturated carbocycles. The zero-order valence-corrected chi connectivity index (χ0v) is 6.83. The van der Waals surface area contributed by atoms with Crippen LogP contribution in [0.2, 0.25) is 0 Å². The summed E-state index contributed by atoms with van der Waals surface area (Å²) < 4.78 is 5.09. The molecule has 0 radical (unpaired) electrons. The molecule has 0 amide bonds. The zero-order chi connectivity index (χ0) is 8.55. The molecule has 2 rings (SSSR count). The molecule has 62 valence electrons. The van der Waals surface area contributed by atoms with Gasteiger partial charge in [-0.3, -0.25) is 9.78 Å². The van der Waals surface area contributed by atoms with Crippen LogP contribution in [0, 0.1) is 0 Å². The molecular weight excluding hydrogens is 154 g/mol. The summed E-state index contributed by atoms with van der Waals surface area (Å²) in [7, 11) is 1.60. The second kappa shape index (κ2) is 2.59. The van der Waals surface area contributed by atoms with Crippen LogP contribution in [0.15, 0.2) is 12.4 Å². The minimum absolute atomic E-state index is 0.177. The van der Waals surface area contributed by atoms with Gasteiger partial charge in [0.25, 0.3) is 0 Å². The highest BCUT2D eigenvalue weighted by atomic mass is 16.5. The summed E-state index contributed by atoms with van der Waals surface area (Å²) in [5.41, 5.74) is 1.74. The molecule has 3 nitrogen and oxygen atoms in total. The largest absolute Gasteiger partial charge is 0.495 e. The maximum atomic E-state index is 11.2. The average Bonchev–Trinajstić information content (AvgIpc) is 2.48. The number of Topliss-reactive ketones (excluding diaryl/α,β-unsaturated/α-hetero) is 1. The van der Waals surface area contributed by atoms with Crippen LogP contribution in [0.5, 0.6) is 5.75 Å². The van der Waals surface area contributed by atoms with Crippen LogP contribution in [0.3, 0.4) is 0 Å². The first kappa shape index (κ1) is 7.28. The number of ketones is 1. The number of pyridine rings is 1. The van der Waals surface area contributed by atoms with E-state index in [1.54, 1.807) is 19.5 Å². The van der Waals surface area contributed by atoms with Gasteiger partial charge in [-0.15, -0.1) is 0 Å². The monoisotopic (exact) mass is 163 g/mol. The summed E-state index contributed by atoms with van der Waals surface area (Å²) >= 11 is 0. The Balaban J connectivity index is 2.58. The van der Waals surface area contributed by atoms with Crippen molar-refractivity contribution in [3.05, 3.63) is 23.5 Å². The van der Waals surface area contributed by atoms with Crippen molar-refractivity contribution in [2.45, 2.75) is 12.8 Å². The van der Waals surface area contributed by atoms with E-state index in [0.29, 0.717) is 6.42 Å². The average molecular weight is 163 g/mol. The lowest BCUT2D eigenvalue weighted by molar-refractivity contribution is 0.0994. The zero-order valence-electron chi connectivity index (χ0n) is 6.83. The van der Waals surface area contributed by atoms with Crippen molar-refractivity contribution >= 4 is 5.78 Å². The van der Waals surface area contributed by atoms with E-state index in [1.165, 1.54) is 0 Å². The summed E-state index contributed by atoms with van der Waals surface area (Å²) in [6, 6.07) is 0. The number of aromatic nitrogens is 1. The van der Waals surface area contributed by atoms with Crippen molar-refractivity contribution in [1.29, 1.82) is 0 Å². The molecule has 1 aromatic heterocycles. The molecule has 12 heavy (non-hydrogen) atoms. The van der Waals surface area contributed by atoms with Gasteiger partial charge in [0, 0.05) is 23.7 Å². The minimum Gasteiger partial charge on any atom is -0.495 e. The van der Waals surface area contributed by atoms with Crippen LogP contribution >= 0.6 is 0 Å². The van der Waals surface area contributed by atoms with E-state index in [4.69, 9.17) is 4.74 Å². The van der Waals surface area contributed by atoms with Gasteiger partial charge < -0.3 is 4.74 Å². The van der Waals surface area contributed by atoms with E-state index < -0.39 is 0 Å². The second-order valence-electron chi connectivity index (χ2n) is 2.79. The Hall–Kier alpha value is -1.38. The molecule has 3 heteroatoms. The van der Waals surface area contributed by atoms with E-state index in [-0.39, 0.29) is 5.78 Å². The molecule has 1 aromatic rings. The molecule has 0 fully saturated rings. The number of carbonyl (C=O) groups excluding carboxylic acids is 1. The minimum atomic E-state index is 0.177. The molecule has 0 aliphatic heterocycles. The molecule has 0 atom stereocenters. The summed E-state index contributed by atoms with van der Waals surface area (Å²) in [6.07, 6.45) is 4.65. The number of nitrogens with zero attached hydrogens (tertiary/aromatic N) is 1. The first-order valence-electron chi connectivity index (χ1n) is 3.87. The first-order chi connectivity index (χ1) is 5.83. The number of rotatable bonds is 1. The molecule has 1 aliphatic carbocycles. The molecule has 0 aromatic carbocycles. The van der Waals surface area contributed by atoms with Gasteiger partial charge in [0.15, 0.2) is 5.78 Å². The molecule has 0 N–H and O–H groups in total. The Morgan fingerprint density at radius 3 is 3.00 bits per heavy atom. The van der Waals surface area contributed by atoms with Crippen LogP contribution in [-0.4, -0.2) is 17.9 Å². The van der Waals surface area contributed by atoms with Crippen LogP contribution < -0.4 is 4.74 Å². The molecule has 0 spiro atoms. The SMILES string of the molecule is COc1cncc2c1CCC2=O. The summed E-state index contributed by atoms with van der Waals surface area (Å²) in [5.74, 6) is 0.912. The smallest absolute Gasteiger partial charge is 0.165 e. The number of carbonyl (C=O) groups is 1. The summed E-state index contributed by atoms with van der Waals surface area (Å²) in [5, 5.41) is 0. The van der Waals surface area contributed by atoms with Crippen molar-refractivity contribution in [2.75, 3.05) is 7.11 Å². The highest BCUT2D eigenvalue weighted by Crippen LogP contribution is 2.28. The van der Waals surface area contributed by atoms with Gasteiger partial charge in [-0.2, -0.15) is 0 Å². The van der Waals surface area contributed by atoms with Crippen molar-refractivity contribution in [2.24, 2.45) is 0 Å². The fraction of sp³-hybridized carbons (Fsp3) is 0.333. The molecular formula is C9H9NO2. The molecule has 1 heterocycles. The Kier molecular flexibility index (Phi) is 1.57. The molecule has 0 saturated heterocycles. The van der Waals surface area contributed by atoms with E-state index in [0.717, 1.165) is 23.3 Å². The predicted octanol–water partition coefficient (Wildman–Crippen LogP) is 1.22. The van der Waals surface area contributed by atoms with Crippen LogP contribution in [0.4, 0.5) is 0 Å². The van der Waals surface area contributed by atoms with E-state index in [9.17, 15) is 4.79 Å². The van der Waals surface area contributed by atoms with E-state index >= 15 is 0 Å². The Labute approximate surface area is 70.4 Å². The van der Waals surface area contributed by atoms with Crippen molar-refractivity contribution in [1.82, 2.24) is 4.98 Å². The van der Waals surface area contributed by atoms with Gasteiger partial charge in [-0.05, 0) is 6.42 Å². The van der Waals surface area contributed by atoms with Crippen LogP contribution in [0.1, 0.15) is 22.3 Å². The Bertz CT molecular complexity index is 333. The number of hydrogen-bond acceptors (Lipinski definition) is 3. The lowest BCUT2D eigenvalue weighted by atomic mass is 10.2. The van der Waals surface area contributed by atoms with Gasteiger partial charge in [0.05, 0.1) is 13.3 Å². The van der Waals surface area contributed by atoms with Gasteiger partial charge in [-0.25, -0.2) is 0 Å². The third kappa shape index (κ3) is 0.897. The van der Waals surface area contributed by atoms with E-state index in [1.807, 2.05) is 0 Å². The predicted molar refractivity (Wildman–Crippen MR) is 43.4 cm³/mol. The van der Waals surface area contributed by atoms with Crippen molar-refractivity contribution < 1.29 is 9.53 Å². The highest BCUT2D eigenvalue weighted by molar-refractivity contribution is 6.00. The normalized spacial score (nSPS) is 14.6. The topological polar surface area (TPSA) is 39.2 Å². The lowest BCUT2D eigenvalue weighted by Gasteiger charge is -2.03. The Morgan fingerprint density at radius 1 is 1.42 bits per heavy atom. The maximum absolute atomic E-state index is 11.2. The van der Waals surface area contributed by atoms with Crippen LogP contribution in [-0.2, 0) is 6.42 Å². The standard InChI is InChI=1S/C9H9NO2/c1-12-9-5-10-4-7-6(9)2-3-8(7)11/h4-5H,2-3H2,1H3. The third-order valence-corrected chi connectivity index (χ3v) is 2.14. The van der Waals surface area contributed by atoms with Crippen molar-refractivity contribution in [3.8, 4) is 5.75 Å². The quantitative estimate of drug-likeness (QED) is 0.624. The fourth-order valence-corrected chi connectivity index (χ4v) is 1.52. The Morgan fingerprint density at radius 2 is 2.25 bits per heavy atom. The fourth-order valence-electron chi connectivity index (χ4n) is 1.52. The van der Waals surface area contributed by atoms with Gasteiger partial charge in [0.1, 0.15) is 5.75 Å². The number of fused-ring (bicyclic) bond motifs is 1. The summed E-state index contributed by atoms with van der Waals surface area (Å²) in [6.45, 7) is 0. The van der Waals surface area contributed by atoms with Crippen LogP contribution in [0.25, 0.3) is 0 Å². The number of hydrogen-bond donors (Lipinski definition) is 0. The second-order valence-corrected chi connectivity index (χ2v) is 2.79. The maximum Gasteiger partial charge on any atom is 0.165 e. The molecule has 0 bridgehead atoms. The van der Waals surface area contributed by atoms with Crippen molar-refractivity contribution in [3.63, 3.8) is 0 Å². The summed E-state index contributed by atoms with van der Waals surface area (Å²) in [4.78, 5) is 15.2.